The minimum absolute atomic E-state index is 0.170. The predicted molar refractivity (Wildman–Crippen MR) is 98.2 cm³/mol. The zero-order valence-corrected chi connectivity index (χ0v) is 14.5. The largest absolute Gasteiger partial charge is 0.358 e. The van der Waals surface area contributed by atoms with Crippen LogP contribution in [0.3, 0.4) is 0 Å². The van der Waals surface area contributed by atoms with Crippen LogP contribution in [0, 0.1) is 6.92 Å². The lowest BCUT2D eigenvalue weighted by Gasteiger charge is -2.08. The monoisotopic (exact) mass is 355 g/mol. The fourth-order valence-electron chi connectivity index (χ4n) is 2.74. The molecule has 0 fully saturated rings. The Morgan fingerprint density at radius 2 is 1.60 bits per heavy atom. The zero-order chi connectivity index (χ0) is 17.8. The summed E-state index contributed by atoms with van der Waals surface area (Å²) >= 11 is 5.81. The van der Waals surface area contributed by atoms with E-state index in [1.165, 1.54) is 0 Å². The first-order valence-corrected chi connectivity index (χ1v) is 8.29. The van der Waals surface area contributed by atoms with E-state index in [-0.39, 0.29) is 24.7 Å². The van der Waals surface area contributed by atoms with Crippen molar-refractivity contribution in [1.82, 2.24) is 15.8 Å². The molecule has 2 amide bonds. The standard InChI is InChI=1S/C19H18ClN3O2/c1-12-16(15-4-2-3-5-17(15)21-12)11-19(25)23-22-18(24)10-13-6-8-14(20)9-7-13/h2-9,21H,10-11H2,1H3,(H,22,24)(H,23,25). The van der Waals surface area contributed by atoms with Gasteiger partial charge in [-0.15, -0.1) is 0 Å². The Bertz CT molecular complexity index is 916. The molecular formula is C19H18ClN3O2. The van der Waals surface area contributed by atoms with Crippen LogP contribution in [0.5, 0.6) is 0 Å². The van der Waals surface area contributed by atoms with Gasteiger partial charge in [-0.2, -0.15) is 0 Å². The van der Waals surface area contributed by atoms with Crippen molar-refractivity contribution in [2.45, 2.75) is 19.8 Å². The lowest BCUT2D eigenvalue weighted by atomic mass is 10.1. The minimum atomic E-state index is -0.286. The average Bonchev–Trinajstić information content (AvgIpc) is 2.91. The number of halogens is 1. The number of aryl methyl sites for hydroxylation is 1. The number of aromatic amines is 1. The number of hydrazine groups is 1. The number of amides is 2. The van der Waals surface area contributed by atoms with Gasteiger partial charge in [0.05, 0.1) is 12.8 Å². The fraction of sp³-hybridized carbons (Fsp3) is 0.158. The number of rotatable bonds is 4. The highest BCUT2D eigenvalue weighted by molar-refractivity contribution is 6.30. The van der Waals surface area contributed by atoms with E-state index in [1.54, 1.807) is 24.3 Å². The third-order valence-electron chi connectivity index (χ3n) is 3.98. The van der Waals surface area contributed by atoms with E-state index < -0.39 is 0 Å². The van der Waals surface area contributed by atoms with Crippen molar-refractivity contribution in [1.29, 1.82) is 0 Å². The van der Waals surface area contributed by atoms with Crippen molar-refractivity contribution in [2.75, 3.05) is 0 Å². The Morgan fingerprint density at radius 3 is 2.32 bits per heavy atom. The number of fused-ring (bicyclic) bond motifs is 1. The van der Waals surface area contributed by atoms with Gasteiger partial charge in [0.1, 0.15) is 0 Å². The highest BCUT2D eigenvalue weighted by Gasteiger charge is 2.13. The maximum atomic E-state index is 12.2. The summed E-state index contributed by atoms with van der Waals surface area (Å²) in [5.41, 5.74) is 8.61. The number of hydrogen-bond acceptors (Lipinski definition) is 2. The molecule has 1 heterocycles. The van der Waals surface area contributed by atoms with E-state index in [1.807, 2.05) is 31.2 Å². The third kappa shape index (κ3) is 4.19. The van der Waals surface area contributed by atoms with Crippen molar-refractivity contribution in [2.24, 2.45) is 0 Å². The van der Waals surface area contributed by atoms with Crippen LogP contribution in [0.2, 0.25) is 5.02 Å². The van der Waals surface area contributed by atoms with Crippen LogP contribution in [-0.4, -0.2) is 16.8 Å². The van der Waals surface area contributed by atoms with Crippen molar-refractivity contribution in [3.63, 3.8) is 0 Å². The molecule has 0 saturated heterocycles. The first-order chi connectivity index (χ1) is 12.0. The van der Waals surface area contributed by atoms with Crippen molar-refractivity contribution >= 4 is 34.3 Å². The highest BCUT2D eigenvalue weighted by atomic mass is 35.5. The Morgan fingerprint density at radius 1 is 0.960 bits per heavy atom. The molecule has 128 valence electrons. The molecule has 3 rings (SSSR count). The maximum Gasteiger partial charge on any atom is 0.242 e. The summed E-state index contributed by atoms with van der Waals surface area (Å²) in [5, 5.41) is 1.63. The van der Waals surface area contributed by atoms with Gasteiger partial charge in [-0.05, 0) is 36.2 Å². The normalized spacial score (nSPS) is 10.6. The number of para-hydroxylation sites is 1. The summed E-state index contributed by atoms with van der Waals surface area (Å²) in [6.45, 7) is 1.93. The molecule has 0 aliphatic heterocycles. The lowest BCUT2D eigenvalue weighted by molar-refractivity contribution is -0.128. The number of hydrogen-bond donors (Lipinski definition) is 3. The van der Waals surface area contributed by atoms with Gasteiger partial charge in [-0.3, -0.25) is 20.4 Å². The van der Waals surface area contributed by atoms with Gasteiger partial charge in [0.25, 0.3) is 0 Å². The molecule has 1 aromatic heterocycles. The first kappa shape index (κ1) is 17.0. The van der Waals surface area contributed by atoms with Gasteiger partial charge in [0.15, 0.2) is 0 Å². The molecule has 0 aliphatic rings. The summed E-state index contributed by atoms with van der Waals surface area (Å²) in [7, 11) is 0. The van der Waals surface area contributed by atoms with Crippen molar-refractivity contribution < 1.29 is 9.59 Å². The van der Waals surface area contributed by atoms with E-state index in [0.717, 1.165) is 27.7 Å². The Labute approximate surface area is 150 Å². The quantitative estimate of drug-likeness (QED) is 0.629. The van der Waals surface area contributed by atoms with E-state index in [9.17, 15) is 9.59 Å². The topological polar surface area (TPSA) is 74.0 Å². The molecule has 3 N–H and O–H groups in total. The number of aromatic nitrogens is 1. The van der Waals surface area contributed by atoms with E-state index >= 15 is 0 Å². The maximum absolute atomic E-state index is 12.2. The SMILES string of the molecule is Cc1[nH]c2ccccc2c1CC(=O)NNC(=O)Cc1ccc(Cl)cc1. The van der Waals surface area contributed by atoms with Crippen LogP contribution in [0.4, 0.5) is 0 Å². The number of carbonyl (C=O) groups is 2. The molecule has 0 unspecified atom stereocenters. The number of nitrogens with one attached hydrogen (secondary N) is 3. The van der Waals surface area contributed by atoms with Gasteiger partial charge >= 0.3 is 0 Å². The van der Waals surface area contributed by atoms with Gasteiger partial charge in [-0.1, -0.05) is 41.9 Å². The molecule has 0 spiro atoms. The fourth-order valence-corrected chi connectivity index (χ4v) is 2.86. The summed E-state index contributed by atoms with van der Waals surface area (Å²) in [4.78, 5) is 27.3. The predicted octanol–water partition coefficient (Wildman–Crippen LogP) is 3.06. The molecule has 0 atom stereocenters. The molecule has 0 radical (unpaired) electrons. The second kappa shape index (κ2) is 7.40. The van der Waals surface area contributed by atoms with Gasteiger partial charge in [-0.25, -0.2) is 0 Å². The molecule has 0 saturated carbocycles. The molecular weight excluding hydrogens is 338 g/mol. The molecule has 2 aromatic carbocycles. The van der Waals surface area contributed by atoms with Crippen LogP contribution >= 0.6 is 11.6 Å². The van der Waals surface area contributed by atoms with Crippen LogP contribution in [0.1, 0.15) is 16.8 Å². The summed E-state index contributed by atoms with van der Waals surface area (Å²) in [6, 6.07) is 14.8. The molecule has 0 aliphatic carbocycles. The molecule has 3 aromatic rings. The van der Waals surface area contributed by atoms with Gasteiger partial charge in [0, 0.05) is 21.6 Å². The van der Waals surface area contributed by atoms with Gasteiger partial charge in [0.2, 0.25) is 11.8 Å². The van der Waals surface area contributed by atoms with Crippen LogP contribution in [0.25, 0.3) is 10.9 Å². The number of benzene rings is 2. The lowest BCUT2D eigenvalue weighted by Crippen LogP contribution is -2.43. The van der Waals surface area contributed by atoms with E-state index in [2.05, 4.69) is 15.8 Å². The molecule has 5 nitrogen and oxygen atoms in total. The smallest absolute Gasteiger partial charge is 0.242 e. The van der Waals surface area contributed by atoms with Crippen LogP contribution < -0.4 is 10.9 Å². The second-order valence-electron chi connectivity index (χ2n) is 5.85. The Balaban J connectivity index is 1.56. The minimum Gasteiger partial charge on any atom is -0.358 e. The van der Waals surface area contributed by atoms with Crippen LogP contribution in [0.15, 0.2) is 48.5 Å². The van der Waals surface area contributed by atoms with Crippen LogP contribution in [-0.2, 0) is 22.4 Å². The molecule has 25 heavy (non-hydrogen) atoms. The Kier molecular flexibility index (Phi) is 5.05. The van der Waals surface area contributed by atoms with E-state index in [0.29, 0.717) is 5.02 Å². The molecule has 6 heteroatoms. The number of H-pyrrole nitrogens is 1. The molecule has 0 bridgehead atoms. The zero-order valence-electron chi connectivity index (χ0n) is 13.7. The second-order valence-corrected chi connectivity index (χ2v) is 6.29. The average molecular weight is 356 g/mol. The van der Waals surface area contributed by atoms with E-state index in [4.69, 9.17) is 11.6 Å². The summed E-state index contributed by atoms with van der Waals surface area (Å²) in [6.07, 6.45) is 0.362. The van der Waals surface area contributed by atoms with Crippen molar-refractivity contribution in [3.8, 4) is 0 Å². The third-order valence-corrected chi connectivity index (χ3v) is 4.24. The number of carbonyl (C=O) groups excluding carboxylic acids is 2. The highest BCUT2D eigenvalue weighted by Crippen LogP contribution is 2.22. The summed E-state index contributed by atoms with van der Waals surface area (Å²) < 4.78 is 0. The van der Waals surface area contributed by atoms with Gasteiger partial charge < -0.3 is 4.98 Å². The summed E-state index contributed by atoms with van der Waals surface area (Å²) in [5.74, 6) is -0.552. The Hall–Kier alpha value is -2.79. The first-order valence-electron chi connectivity index (χ1n) is 7.91. The van der Waals surface area contributed by atoms with Crippen molar-refractivity contribution in [3.05, 3.63) is 70.4 Å².